The standard InChI is InChI=1S/C29H30N2O6/c1-29(35)17-22(32)25(27(33)30-18-10-6-4-7-11-18)24(21-15-14-20(36-2)16-23(21)37-3)26(29)28(34)31-19-12-8-5-9-13-19/h4-16,24-26,35H,17H2,1-3H3,(H,30,33)(H,31,34). The van der Waals surface area contributed by atoms with Crippen molar-refractivity contribution in [2.75, 3.05) is 24.9 Å². The molecule has 4 rings (SSSR count). The van der Waals surface area contributed by atoms with Crippen LogP contribution in [0.4, 0.5) is 11.4 Å². The van der Waals surface area contributed by atoms with Gasteiger partial charge in [0.25, 0.3) is 0 Å². The molecule has 0 spiro atoms. The van der Waals surface area contributed by atoms with Gasteiger partial charge in [0.15, 0.2) is 0 Å². The summed E-state index contributed by atoms with van der Waals surface area (Å²) in [6.45, 7) is 1.45. The number of rotatable bonds is 7. The molecule has 0 radical (unpaired) electrons. The molecule has 0 heterocycles. The molecule has 192 valence electrons. The highest BCUT2D eigenvalue weighted by Gasteiger charge is 2.56. The summed E-state index contributed by atoms with van der Waals surface area (Å²) in [5.41, 5.74) is -0.234. The Hall–Kier alpha value is -4.17. The third-order valence-electron chi connectivity index (χ3n) is 6.71. The van der Waals surface area contributed by atoms with Gasteiger partial charge >= 0.3 is 0 Å². The topological polar surface area (TPSA) is 114 Å². The number of amides is 2. The summed E-state index contributed by atoms with van der Waals surface area (Å²) in [6.07, 6.45) is -0.359. The molecular formula is C29H30N2O6. The minimum Gasteiger partial charge on any atom is -0.497 e. The molecule has 1 aliphatic carbocycles. The van der Waals surface area contributed by atoms with E-state index in [9.17, 15) is 19.5 Å². The van der Waals surface area contributed by atoms with Gasteiger partial charge < -0.3 is 25.2 Å². The molecule has 37 heavy (non-hydrogen) atoms. The Morgan fingerprint density at radius 1 is 0.865 bits per heavy atom. The predicted molar refractivity (Wildman–Crippen MR) is 140 cm³/mol. The van der Waals surface area contributed by atoms with Crippen molar-refractivity contribution < 1.29 is 29.0 Å². The number of hydrogen-bond donors (Lipinski definition) is 3. The normalized spacial score (nSPS) is 23.1. The predicted octanol–water partition coefficient (Wildman–Crippen LogP) is 4.02. The lowest BCUT2D eigenvalue weighted by Gasteiger charge is -2.44. The number of ether oxygens (including phenoxy) is 2. The molecule has 3 aromatic rings. The molecule has 0 saturated heterocycles. The first-order chi connectivity index (χ1) is 17.7. The van der Waals surface area contributed by atoms with Crippen LogP contribution in [0.5, 0.6) is 11.5 Å². The van der Waals surface area contributed by atoms with E-state index in [1.807, 2.05) is 12.1 Å². The molecule has 1 saturated carbocycles. The number of nitrogens with one attached hydrogen (secondary N) is 2. The van der Waals surface area contributed by atoms with Gasteiger partial charge in [-0.05, 0) is 42.8 Å². The molecule has 2 amide bonds. The Kier molecular flexibility index (Phi) is 7.59. The highest BCUT2D eigenvalue weighted by molar-refractivity contribution is 6.10. The Morgan fingerprint density at radius 3 is 1.97 bits per heavy atom. The number of aliphatic hydroxyl groups is 1. The average Bonchev–Trinajstić information content (AvgIpc) is 2.88. The van der Waals surface area contributed by atoms with Crippen LogP contribution in [0.3, 0.4) is 0 Å². The minimum absolute atomic E-state index is 0.338. The first kappa shape index (κ1) is 25.9. The maximum Gasteiger partial charge on any atom is 0.235 e. The Bertz CT molecular complexity index is 1280. The van der Waals surface area contributed by atoms with Crippen LogP contribution >= 0.6 is 0 Å². The van der Waals surface area contributed by atoms with Gasteiger partial charge in [-0.1, -0.05) is 42.5 Å². The summed E-state index contributed by atoms with van der Waals surface area (Å²) in [4.78, 5) is 40.8. The van der Waals surface area contributed by atoms with Crippen LogP contribution in [0.2, 0.25) is 0 Å². The van der Waals surface area contributed by atoms with Crippen molar-refractivity contribution in [3.63, 3.8) is 0 Å². The average molecular weight is 503 g/mol. The van der Waals surface area contributed by atoms with Gasteiger partial charge in [0, 0.05) is 29.8 Å². The second-order valence-electron chi connectivity index (χ2n) is 9.30. The van der Waals surface area contributed by atoms with Crippen molar-refractivity contribution in [3.05, 3.63) is 84.4 Å². The Labute approximate surface area is 215 Å². The van der Waals surface area contributed by atoms with Crippen LogP contribution in [0, 0.1) is 11.8 Å². The number of anilines is 2. The number of carbonyl (C=O) groups excluding carboxylic acids is 3. The summed E-state index contributed by atoms with van der Waals surface area (Å²) >= 11 is 0. The highest BCUT2D eigenvalue weighted by atomic mass is 16.5. The van der Waals surface area contributed by atoms with Crippen LogP contribution in [0.1, 0.15) is 24.8 Å². The van der Waals surface area contributed by atoms with E-state index in [1.54, 1.807) is 66.7 Å². The number of methoxy groups -OCH3 is 2. The molecule has 0 aliphatic heterocycles. The summed E-state index contributed by atoms with van der Waals surface area (Å²) < 4.78 is 10.9. The number of benzene rings is 3. The lowest BCUT2D eigenvalue weighted by atomic mass is 9.61. The van der Waals surface area contributed by atoms with E-state index in [0.29, 0.717) is 28.4 Å². The lowest BCUT2D eigenvalue weighted by molar-refractivity contribution is -0.150. The molecule has 1 fully saturated rings. The second-order valence-corrected chi connectivity index (χ2v) is 9.30. The number of Topliss-reactive ketones (excluding diaryl/α,β-unsaturated/α-hetero) is 1. The maximum atomic E-state index is 13.7. The van der Waals surface area contributed by atoms with Gasteiger partial charge in [-0.3, -0.25) is 14.4 Å². The molecule has 3 aromatic carbocycles. The van der Waals surface area contributed by atoms with Gasteiger partial charge in [0.1, 0.15) is 23.2 Å². The fourth-order valence-corrected chi connectivity index (χ4v) is 5.04. The van der Waals surface area contributed by atoms with Crippen molar-refractivity contribution in [1.82, 2.24) is 0 Å². The van der Waals surface area contributed by atoms with E-state index in [-0.39, 0.29) is 6.42 Å². The van der Waals surface area contributed by atoms with Crippen LogP contribution in [0.25, 0.3) is 0 Å². The van der Waals surface area contributed by atoms with Crippen molar-refractivity contribution >= 4 is 29.0 Å². The van der Waals surface area contributed by atoms with E-state index in [2.05, 4.69) is 10.6 Å². The van der Waals surface area contributed by atoms with Crippen molar-refractivity contribution in [3.8, 4) is 11.5 Å². The van der Waals surface area contributed by atoms with Gasteiger partial charge in [-0.2, -0.15) is 0 Å². The first-order valence-corrected chi connectivity index (χ1v) is 11.9. The Balaban J connectivity index is 1.83. The minimum atomic E-state index is -1.73. The van der Waals surface area contributed by atoms with Crippen molar-refractivity contribution in [2.45, 2.75) is 24.9 Å². The number of ketones is 1. The SMILES string of the molecule is COc1ccc(C2C(C(=O)Nc3ccccc3)C(=O)CC(C)(O)C2C(=O)Nc2ccccc2)c(OC)c1. The summed E-state index contributed by atoms with van der Waals surface area (Å²) in [5, 5.41) is 17.1. The summed E-state index contributed by atoms with van der Waals surface area (Å²) in [6, 6.07) is 22.6. The molecule has 1 aliphatic rings. The second kappa shape index (κ2) is 10.8. The van der Waals surface area contributed by atoms with Crippen molar-refractivity contribution in [2.24, 2.45) is 11.8 Å². The molecule has 8 heteroatoms. The summed E-state index contributed by atoms with van der Waals surface area (Å²) in [5.74, 6) is -4.13. The van der Waals surface area contributed by atoms with Crippen LogP contribution in [-0.4, -0.2) is 42.5 Å². The number of hydrogen-bond acceptors (Lipinski definition) is 6. The van der Waals surface area contributed by atoms with Crippen LogP contribution in [0.15, 0.2) is 78.9 Å². The fraction of sp³-hybridized carbons (Fsp3) is 0.276. The maximum absolute atomic E-state index is 13.7. The van der Waals surface area contributed by atoms with E-state index >= 15 is 0 Å². The van der Waals surface area contributed by atoms with E-state index in [0.717, 1.165) is 0 Å². The van der Waals surface area contributed by atoms with Gasteiger partial charge in [0.05, 0.1) is 25.7 Å². The monoisotopic (exact) mass is 502 g/mol. The molecule has 8 nitrogen and oxygen atoms in total. The highest BCUT2D eigenvalue weighted by Crippen LogP contribution is 2.49. The molecule has 3 N–H and O–H groups in total. The first-order valence-electron chi connectivity index (χ1n) is 11.9. The molecule has 4 atom stereocenters. The summed E-state index contributed by atoms with van der Waals surface area (Å²) in [7, 11) is 2.97. The van der Waals surface area contributed by atoms with E-state index in [4.69, 9.17) is 9.47 Å². The van der Waals surface area contributed by atoms with Gasteiger partial charge in [-0.15, -0.1) is 0 Å². The van der Waals surface area contributed by atoms with Gasteiger partial charge in [-0.25, -0.2) is 0 Å². The van der Waals surface area contributed by atoms with E-state index in [1.165, 1.54) is 21.1 Å². The molecule has 0 aromatic heterocycles. The molecule has 0 bridgehead atoms. The van der Waals surface area contributed by atoms with Gasteiger partial charge in [0.2, 0.25) is 11.8 Å². The number of carbonyl (C=O) groups is 3. The zero-order chi connectivity index (χ0) is 26.6. The lowest BCUT2D eigenvalue weighted by Crippen LogP contribution is -2.56. The Morgan fingerprint density at radius 2 is 1.43 bits per heavy atom. The third kappa shape index (κ3) is 5.49. The smallest absolute Gasteiger partial charge is 0.235 e. The van der Waals surface area contributed by atoms with Crippen LogP contribution < -0.4 is 20.1 Å². The molecular weight excluding hydrogens is 472 g/mol. The zero-order valence-electron chi connectivity index (χ0n) is 20.9. The number of para-hydroxylation sites is 2. The van der Waals surface area contributed by atoms with Crippen LogP contribution in [-0.2, 0) is 14.4 Å². The fourth-order valence-electron chi connectivity index (χ4n) is 5.04. The third-order valence-corrected chi connectivity index (χ3v) is 6.71. The van der Waals surface area contributed by atoms with Crippen molar-refractivity contribution in [1.29, 1.82) is 0 Å². The van der Waals surface area contributed by atoms with E-state index < -0.39 is 41.0 Å². The largest absolute Gasteiger partial charge is 0.497 e. The zero-order valence-corrected chi connectivity index (χ0v) is 20.9. The molecule has 4 unspecified atom stereocenters. The quantitative estimate of drug-likeness (QED) is 0.421.